The van der Waals surface area contributed by atoms with Gasteiger partial charge in [-0.05, 0) is 64.0 Å². The van der Waals surface area contributed by atoms with Crippen LogP contribution in [0.3, 0.4) is 0 Å². The highest BCUT2D eigenvalue weighted by molar-refractivity contribution is 7.11. The molecule has 19 heavy (non-hydrogen) atoms. The molecule has 108 valence electrons. The summed E-state index contributed by atoms with van der Waals surface area (Å²) < 4.78 is 0. The molecule has 1 saturated carbocycles. The van der Waals surface area contributed by atoms with Crippen molar-refractivity contribution in [3.63, 3.8) is 0 Å². The van der Waals surface area contributed by atoms with Gasteiger partial charge in [0.25, 0.3) is 0 Å². The Morgan fingerprint density at radius 1 is 1.37 bits per heavy atom. The van der Waals surface area contributed by atoms with Gasteiger partial charge >= 0.3 is 0 Å². The summed E-state index contributed by atoms with van der Waals surface area (Å²) >= 11 is 1.84. The average Bonchev–Trinajstić information content (AvgIpc) is 2.94. The number of thiazole rings is 1. The van der Waals surface area contributed by atoms with E-state index in [1.165, 1.54) is 35.6 Å². The number of aryl methyl sites for hydroxylation is 1. The highest BCUT2D eigenvalue weighted by Gasteiger charge is 2.20. The lowest BCUT2D eigenvalue weighted by Gasteiger charge is -2.28. The molecule has 1 atom stereocenters. The molecule has 0 amide bonds. The molecule has 1 aromatic heterocycles. The minimum Gasteiger partial charge on any atom is -0.330 e. The summed E-state index contributed by atoms with van der Waals surface area (Å²) in [5, 5.41) is 4.88. The quantitative estimate of drug-likeness (QED) is 0.842. The lowest BCUT2D eigenvalue weighted by molar-refractivity contribution is 0.267. The maximum absolute atomic E-state index is 5.74. The van der Waals surface area contributed by atoms with E-state index in [0.717, 1.165) is 31.3 Å². The second-order valence-corrected chi connectivity index (χ2v) is 6.92. The number of hydrogen-bond acceptors (Lipinski definition) is 4. The second-order valence-electron chi connectivity index (χ2n) is 5.77. The highest BCUT2D eigenvalue weighted by atomic mass is 32.1. The molecule has 1 fully saturated rings. The van der Waals surface area contributed by atoms with Gasteiger partial charge in [-0.25, -0.2) is 4.98 Å². The Morgan fingerprint density at radius 3 is 2.63 bits per heavy atom. The topological polar surface area (TPSA) is 50.9 Å². The van der Waals surface area contributed by atoms with Gasteiger partial charge in [-0.15, -0.1) is 11.3 Å². The van der Waals surface area contributed by atoms with Crippen LogP contribution in [-0.4, -0.2) is 18.1 Å². The number of nitrogens with one attached hydrogen (secondary N) is 1. The second kappa shape index (κ2) is 7.36. The third kappa shape index (κ3) is 4.26. The highest BCUT2D eigenvalue weighted by Crippen LogP contribution is 2.28. The Balaban J connectivity index is 1.73. The summed E-state index contributed by atoms with van der Waals surface area (Å²) in [7, 11) is 0. The third-order valence-electron chi connectivity index (χ3n) is 4.30. The van der Waals surface area contributed by atoms with Crippen molar-refractivity contribution in [1.82, 2.24) is 10.3 Å². The van der Waals surface area contributed by atoms with Crippen molar-refractivity contribution in [2.75, 3.05) is 13.1 Å². The smallest absolute Gasteiger partial charge is 0.109 e. The molecule has 0 aliphatic heterocycles. The van der Waals surface area contributed by atoms with Crippen molar-refractivity contribution in [2.45, 2.75) is 52.0 Å². The van der Waals surface area contributed by atoms with Crippen molar-refractivity contribution in [3.8, 4) is 0 Å². The monoisotopic (exact) mass is 281 g/mol. The summed E-state index contributed by atoms with van der Waals surface area (Å²) in [5.41, 5.74) is 5.74. The number of hydrogen-bond donors (Lipinski definition) is 2. The molecule has 1 aliphatic rings. The van der Waals surface area contributed by atoms with Gasteiger partial charge in [0.15, 0.2) is 0 Å². The lowest BCUT2D eigenvalue weighted by Crippen LogP contribution is -2.30. The Morgan fingerprint density at radius 2 is 2.05 bits per heavy atom. The molecule has 3 nitrogen and oxygen atoms in total. The van der Waals surface area contributed by atoms with Crippen LogP contribution in [-0.2, 0) is 6.42 Å². The number of aromatic nitrogens is 1. The van der Waals surface area contributed by atoms with Gasteiger partial charge in [-0.2, -0.15) is 0 Å². The fourth-order valence-corrected chi connectivity index (χ4v) is 3.67. The van der Waals surface area contributed by atoms with E-state index in [1.807, 2.05) is 17.5 Å². The Labute approximate surface area is 121 Å². The number of rotatable bonds is 6. The largest absolute Gasteiger partial charge is 0.330 e. The first-order valence-electron chi connectivity index (χ1n) is 7.61. The van der Waals surface area contributed by atoms with E-state index < -0.39 is 0 Å². The molecule has 0 bridgehead atoms. The minimum atomic E-state index is 0.387. The summed E-state index contributed by atoms with van der Waals surface area (Å²) in [6, 6.07) is 0.387. The predicted molar refractivity (Wildman–Crippen MR) is 82.4 cm³/mol. The Hall–Kier alpha value is -0.450. The first kappa shape index (κ1) is 14.9. The van der Waals surface area contributed by atoms with Crippen molar-refractivity contribution >= 4 is 11.3 Å². The number of nitrogens with two attached hydrogens (primary N) is 1. The van der Waals surface area contributed by atoms with E-state index in [4.69, 9.17) is 5.73 Å². The van der Waals surface area contributed by atoms with Gasteiger partial charge in [-0.3, -0.25) is 0 Å². The first-order valence-corrected chi connectivity index (χ1v) is 8.42. The molecular formula is C15H27N3S. The van der Waals surface area contributed by atoms with E-state index in [0.29, 0.717) is 6.04 Å². The molecule has 0 aromatic carbocycles. The molecular weight excluding hydrogens is 254 g/mol. The van der Waals surface area contributed by atoms with E-state index >= 15 is 0 Å². The van der Waals surface area contributed by atoms with Crippen molar-refractivity contribution in [3.05, 3.63) is 16.1 Å². The zero-order valence-electron chi connectivity index (χ0n) is 12.2. The van der Waals surface area contributed by atoms with E-state index in [1.54, 1.807) is 0 Å². The van der Waals surface area contributed by atoms with E-state index in [-0.39, 0.29) is 0 Å². The van der Waals surface area contributed by atoms with Gasteiger partial charge in [0.05, 0.1) is 6.04 Å². The zero-order chi connectivity index (χ0) is 13.7. The van der Waals surface area contributed by atoms with Crippen LogP contribution in [0.2, 0.25) is 0 Å². The Bertz CT molecular complexity index is 369. The summed E-state index contributed by atoms with van der Waals surface area (Å²) in [6.07, 6.45) is 8.40. The lowest BCUT2D eigenvalue weighted by atomic mass is 9.82. The van der Waals surface area contributed by atoms with Crippen molar-refractivity contribution in [1.29, 1.82) is 0 Å². The summed E-state index contributed by atoms with van der Waals surface area (Å²) in [4.78, 5) is 5.90. The molecule has 1 aromatic rings. The van der Waals surface area contributed by atoms with Crippen LogP contribution in [0.1, 0.15) is 55.5 Å². The third-order valence-corrected chi connectivity index (χ3v) is 5.63. The first-order chi connectivity index (χ1) is 9.22. The normalized spacial score (nSPS) is 25.4. The average molecular weight is 281 g/mol. The van der Waals surface area contributed by atoms with E-state index in [9.17, 15) is 0 Å². The van der Waals surface area contributed by atoms with Crippen LogP contribution in [0.15, 0.2) is 6.20 Å². The molecule has 0 saturated heterocycles. The summed E-state index contributed by atoms with van der Waals surface area (Å²) in [6.45, 7) is 6.41. The van der Waals surface area contributed by atoms with Gasteiger partial charge < -0.3 is 11.1 Å². The molecule has 3 N–H and O–H groups in total. The van der Waals surface area contributed by atoms with Gasteiger partial charge in [0.2, 0.25) is 0 Å². The molecule has 0 radical (unpaired) electrons. The van der Waals surface area contributed by atoms with Crippen LogP contribution in [0.5, 0.6) is 0 Å². The zero-order valence-corrected chi connectivity index (χ0v) is 13.0. The van der Waals surface area contributed by atoms with Crippen LogP contribution in [0, 0.1) is 11.8 Å². The van der Waals surface area contributed by atoms with Crippen LogP contribution >= 0.6 is 11.3 Å². The van der Waals surface area contributed by atoms with Gasteiger partial charge in [-0.1, -0.05) is 6.92 Å². The van der Waals surface area contributed by atoms with E-state index in [2.05, 4.69) is 24.1 Å². The summed E-state index contributed by atoms with van der Waals surface area (Å²) in [5.74, 6) is 1.61. The van der Waals surface area contributed by atoms with Crippen molar-refractivity contribution in [2.24, 2.45) is 17.6 Å². The molecule has 2 rings (SSSR count). The van der Waals surface area contributed by atoms with Crippen LogP contribution in [0.25, 0.3) is 0 Å². The number of nitrogens with zero attached hydrogens (tertiary/aromatic N) is 1. The molecule has 1 aliphatic carbocycles. The van der Waals surface area contributed by atoms with Gasteiger partial charge in [0, 0.05) is 11.1 Å². The maximum atomic E-state index is 5.74. The molecule has 4 heteroatoms. The molecule has 0 spiro atoms. The standard InChI is InChI=1S/C15H27N3S/c1-3-14-10-18-15(19-14)11(2)17-9-13-6-4-12(8-16)5-7-13/h10-13,17H,3-9,16H2,1-2H3. The Kier molecular flexibility index (Phi) is 5.79. The minimum absolute atomic E-state index is 0.387. The van der Waals surface area contributed by atoms with Gasteiger partial charge in [0.1, 0.15) is 5.01 Å². The fourth-order valence-electron chi connectivity index (χ4n) is 2.79. The SMILES string of the molecule is CCc1cnc(C(C)NCC2CCC(CN)CC2)s1. The van der Waals surface area contributed by atoms with Crippen LogP contribution in [0.4, 0.5) is 0 Å². The molecule has 1 heterocycles. The molecule has 1 unspecified atom stereocenters. The van der Waals surface area contributed by atoms with Crippen LogP contribution < -0.4 is 11.1 Å². The maximum Gasteiger partial charge on any atom is 0.109 e. The predicted octanol–water partition coefficient (Wildman–Crippen LogP) is 3.12. The van der Waals surface area contributed by atoms with Crippen molar-refractivity contribution < 1.29 is 0 Å². The fraction of sp³-hybridized carbons (Fsp3) is 0.800.